The van der Waals surface area contributed by atoms with Crippen LogP contribution >= 0.6 is 11.8 Å². The minimum absolute atomic E-state index is 0.356. The molecular formula is C12H13FN2O2S. The Morgan fingerprint density at radius 1 is 1.56 bits per heavy atom. The lowest BCUT2D eigenvalue weighted by Crippen LogP contribution is -2.46. The Morgan fingerprint density at radius 3 is 2.72 bits per heavy atom. The monoisotopic (exact) mass is 268 g/mol. The molecule has 0 bridgehead atoms. The summed E-state index contributed by atoms with van der Waals surface area (Å²) in [5, 5.41) is 0.432. The van der Waals surface area contributed by atoms with E-state index in [4.69, 9.17) is 10.5 Å². The summed E-state index contributed by atoms with van der Waals surface area (Å²) in [6.45, 7) is 1.59. The van der Waals surface area contributed by atoms with Crippen LogP contribution < -0.4 is 5.73 Å². The van der Waals surface area contributed by atoms with Crippen molar-refractivity contribution in [3.05, 3.63) is 35.6 Å². The van der Waals surface area contributed by atoms with Crippen molar-refractivity contribution < 1.29 is 13.9 Å². The van der Waals surface area contributed by atoms with Gasteiger partial charge in [0.2, 0.25) is 5.91 Å². The highest BCUT2D eigenvalue weighted by atomic mass is 32.2. The molecule has 2 rings (SSSR count). The number of rotatable bonds is 3. The van der Waals surface area contributed by atoms with Crippen LogP contribution in [0.4, 0.5) is 4.39 Å². The largest absolute Gasteiger partial charge is 0.367 e. The number of amides is 1. The smallest absolute Gasteiger partial charge is 0.248 e. The molecule has 1 aliphatic rings. The van der Waals surface area contributed by atoms with Crippen molar-refractivity contribution in [2.75, 3.05) is 7.11 Å². The van der Waals surface area contributed by atoms with Crippen molar-refractivity contribution in [1.82, 2.24) is 0 Å². The van der Waals surface area contributed by atoms with Crippen LogP contribution in [0.1, 0.15) is 12.5 Å². The maximum atomic E-state index is 13.7. The number of hydrogen-bond donors (Lipinski definition) is 1. The van der Waals surface area contributed by atoms with Gasteiger partial charge in [0.25, 0.3) is 0 Å². The molecule has 1 unspecified atom stereocenters. The molecule has 2 atom stereocenters. The molecule has 0 fully saturated rings. The first kappa shape index (κ1) is 13.0. The van der Waals surface area contributed by atoms with Gasteiger partial charge in [-0.1, -0.05) is 23.9 Å². The van der Waals surface area contributed by atoms with E-state index < -0.39 is 16.9 Å². The van der Waals surface area contributed by atoms with Gasteiger partial charge in [-0.25, -0.2) is 4.39 Å². The molecule has 0 saturated heterocycles. The van der Waals surface area contributed by atoms with Gasteiger partial charge in [-0.15, -0.1) is 0 Å². The first-order valence-electron chi connectivity index (χ1n) is 5.33. The second kappa shape index (κ2) is 4.70. The summed E-state index contributed by atoms with van der Waals surface area (Å²) < 4.78 is 18.9. The van der Waals surface area contributed by atoms with Crippen molar-refractivity contribution in [1.29, 1.82) is 0 Å². The number of nitrogens with zero attached hydrogens (tertiary/aromatic N) is 1. The lowest BCUT2D eigenvalue weighted by molar-refractivity contribution is -0.124. The van der Waals surface area contributed by atoms with E-state index in [1.807, 2.05) is 0 Å². The Labute approximate surface area is 108 Å². The van der Waals surface area contributed by atoms with Gasteiger partial charge in [-0.2, -0.15) is 0 Å². The zero-order chi connectivity index (χ0) is 13.3. The van der Waals surface area contributed by atoms with Crippen LogP contribution in [0, 0.1) is 5.82 Å². The Kier molecular flexibility index (Phi) is 3.41. The molecule has 6 heteroatoms. The number of carbonyl (C=O) groups excluding carboxylic acids is 1. The van der Waals surface area contributed by atoms with Crippen LogP contribution in [0.25, 0.3) is 0 Å². The van der Waals surface area contributed by atoms with Gasteiger partial charge in [0.15, 0.2) is 5.54 Å². The minimum Gasteiger partial charge on any atom is -0.367 e. The molecule has 1 aromatic carbocycles. The molecule has 0 saturated carbocycles. The number of methoxy groups -OCH3 is 1. The molecule has 2 N–H and O–H groups in total. The molecule has 1 aromatic rings. The lowest BCUT2D eigenvalue weighted by Gasteiger charge is -2.22. The standard InChI is InChI=1S/C12H13FN2O2S/c1-12(10(14)16)11(17-2)18-9(15-12)7-5-3-4-6-8(7)13/h3-6,11H,1-2H3,(H2,14,16)/t11?,12-/m1/s1. The summed E-state index contributed by atoms with van der Waals surface area (Å²) in [5.41, 5.74) is 3.99. The Balaban J connectivity index is 2.44. The van der Waals surface area contributed by atoms with Crippen LogP contribution in [0.5, 0.6) is 0 Å². The molecule has 1 heterocycles. The third-order valence-corrected chi connectivity index (χ3v) is 4.23. The molecule has 0 aliphatic carbocycles. The first-order chi connectivity index (χ1) is 8.49. The van der Waals surface area contributed by atoms with Gasteiger partial charge in [0, 0.05) is 12.7 Å². The lowest BCUT2D eigenvalue weighted by atomic mass is 10.0. The maximum absolute atomic E-state index is 13.7. The first-order valence-corrected chi connectivity index (χ1v) is 6.21. The molecule has 96 valence electrons. The summed E-state index contributed by atoms with van der Waals surface area (Å²) in [6, 6.07) is 6.27. The van der Waals surface area contributed by atoms with Gasteiger partial charge in [0.1, 0.15) is 16.3 Å². The number of nitrogens with two attached hydrogens (primary N) is 1. The van der Waals surface area contributed by atoms with Crippen LogP contribution in [0.3, 0.4) is 0 Å². The number of ether oxygens (including phenoxy) is 1. The number of halogens is 1. The van der Waals surface area contributed by atoms with Crippen LogP contribution in [0.2, 0.25) is 0 Å². The summed E-state index contributed by atoms with van der Waals surface area (Å²) in [5.74, 6) is -0.972. The Bertz CT molecular complexity index is 521. The summed E-state index contributed by atoms with van der Waals surface area (Å²) in [4.78, 5) is 15.7. The number of thioether (sulfide) groups is 1. The third kappa shape index (κ3) is 2.02. The van der Waals surface area contributed by atoms with Gasteiger partial charge in [0.05, 0.1) is 0 Å². The number of benzene rings is 1. The zero-order valence-corrected chi connectivity index (χ0v) is 10.8. The molecule has 0 radical (unpaired) electrons. The van der Waals surface area contributed by atoms with Crippen LogP contribution in [-0.4, -0.2) is 29.0 Å². The quantitative estimate of drug-likeness (QED) is 0.904. The molecular weight excluding hydrogens is 255 g/mol. The summed E-state index contributed by atoms with van der Waals surface area (Å²) in [7, 11) is 1.47. The molecule has 4 nitrogen and oxygen atoms in total. The molecule has 0 aromatic heterocycles. The van der Waals surface area contributed by atoms with E-state index in [1.54, 1.807) is 25.1 Å². The average molecular weight is 268 g/mol. The fourth-order valence-electron chi connectivity index (χ4n) is 1.71. The fraction of sp³-hybridized carbons (Fsp3) is 0.333. The van der Waals surface area contributed by atoms with Crippen LogP contribution in [0.15, 0.2) is 29.3 Å². The van der Waals surface area contributed by atoms with Gasteiger partial charge in [-0.3, -0.25) is 9.79 Å². The number of hydrogen-bond acceptors (Lipinski definition) is 4. The highest BCUT2D eigenvalue weighted by molar-refractivity contribution is 8.15. The molecule has 0 spiro atoms. The van der Waals surface area contributed by atoms with E-state index in [-0.39, 0.29) is 5.82 Å². The normalized spacial score (nSPS) is 27.1. The fourth-order valence-corrected chi connectivity index (χ4v) is 2.95. The van der Waals surface area contributed by atoms with E-state index in [1.165, 1.54) is 24.9 Å². The Morgan fingerprint density at radius 2 is 2.22 bits per heavy atom. The highest BCUT2D eigenvalue weighted by Crippen LogP contribution is 2.38. The zero-order valence-electron chi connectivity index (χ0n) is 10.0. The predicted octanol–water partition coefficient (Wildman–Crippen LogP) is 1.54. The number of aliphatic imine (C=N–C) groups is 1. The van der Waals surface area contributed by atoms with Crippen molar-refractivity contribution in [3.8, 4) is 0 Å². The molecule has 1 amide bonds. The second-order valence-corrected chi connectivity index (χ2v) is 5.14. The van der Waals surface area contributed by atoms with Crippen molar-refractivity contribution >= 4 is 22.7 Å². The van der Waals surface area contributed by atoms with Crippen molar-refractivity contribution in [3.63, 3.8) is 0 Å². The van der Waals surface area contributed by atoms with Crippen LogP contribution in [-0.2, 0) is 9.53 Å². The SMILES string of the molecule is COC1SC(c2ccccc2F)=N[C@]1(C)C(N)=O. The van der Waals surface area contributed by atoms with E-state index >= 15 is 0 Å². The van der Waals surface area contributed by atoms with Gasteiger partial charge >= 0.3 is 0 Å². The van der Waals surface area contributed by atoms with E-state index in [0.717, 1.165) is 0 Å². The van der Waals surface area contributed by atoms with E-state index in [0.29, 0.717) is 10.6 Å². The molecule has 1 aliphatic heterocycles. The van der Waals surface area contributed by atoms with Crippen molar-refractivity contribution in [2.24, 2.45) is 10.7 Å². The summed E-state index contributed by atoms with van der Waals surface area (Å²) in [6.07, 6.45) is 0. The third-order valence-electron chi connectivity index (χ3n) is 2.83. The van der Waals surface area contributed by atoms with Gasteiger partial charge < -0.3 is 10.5 Å². The summed E-state index contributed by atoms with van der Waals surface area (Å²) >= 11 is 1.20. The maximum Gasteiger partial charge on any atom is 0.248 e. The topological polar surface area (TPSA) is 64.7 Å². The second-order valence-electron chi connectivity index (χ2n) is 4.09. The van der Waals surface area contributed by atoms with Crippen molar-refractivity contribution in [2.45, 2.75) is 17.9 Å². The molecule has 18 heavy (non-hydrogen) atoms. The van der Waals surface area contributed by atoms with Gasteiger partial charge in [-0.05, 0) is 19.1 Å². The minimum atomic E-state index is -1.17. The average Bonchev–Trinajstić information content (AvgIpc) is 2.68. The van der Waals surface area contributed by atoms with E-state index in [2.05, 4.69) is 4.99 Å². The van der Waals surface area contributed by atoms with E-state index in [9.17, 15) is 9.18 Å². The Hall–Kier alpha value is -1.40. The number of carbonyl (C=O) groups is 1. The number of primary amides is 1. The highest BCUT2D eigenvalue weighted by Gasteiger charge is 2.47. The predicted molar refractivity (Wildman–Crippen MR) is 68.9 cm³/mol.